The molecule has 210 valence electrons. The Morgan fingerprint density at radius 2 is 1.39 bits per heavy atom. The summed E-state index contributed by atoms with van der Waals surface area (Å²) in [5.74, 6) is -1.39. The number of carboxylic acid groups (broad SMARTS) is 1. The summed E-state index contributed by atoms with van der Waals surface area (Å²) in [5.41, 5.74) is 4.93. The van der Waals surface area contributed by atoms with Crippen molar-refractivity contribution in [1.82, 2.24) is 5.32 Å². The maximum atomic E-state index is 13.5. The zero-order valence-electron chi connectivity index (χ0n) is 23.4. The van der Waals surface area contributed by atoms with E-state index in [-0.39, 0.29) is 24.3 Å². The van der Waals surface area contributed by atoms with Crippen LogP contribution in [0.2, 0.25) is 0 Å². The van der Waals surface area contributed by atoms with Crippen LogP contribution in [-0.4, -0.2) is 29.5 Å². The summed E-state index contributed by atoms with van der Waals surface area (Å²) >= 11 is 0. The summed E-state index contributed by atoms with van der Waals surface area (Å²) in [7, 11) is 0. The lowest BCUT2D eigenvalue weighted by Gasteiger charge is -2.22. The zero-order valence-corrected chi connectivity index (χ0v) is 23.4. The van der Waals surface area contributed by atoms with Gasteiger partial charge in [0.2, 0.25) is 0 Å². The van der Waals surface area contributed by atoms with Gasteiger partial charge in [0, 0.05) is 17.8 Å². The van der Waals surface area contributed by atoms with Crippen LogP contribution in [0, 0.1) is 0 Å². The van der Waals surface area contributed by atoms with E-state index in [1.54, 1.807) is 36.4 Å². The molecule has 1 atom stereocenters. The van der Waals surface area contributed by atoms with Gasteiger partial charge in [-0.15, -0.1) is 0 Å². The van der Waals surface area contributed by atoms with E-state index in [2.05, 4.69) is 31.4 Å². The number of carbonyl (C=O) groups excluding carboxylic acids is 2. The summed E-state index contributed by atoms with van der Waals surface area (Å²) in [5, 5.41) is 14.6. The molecule has 0 spiro atoms. The Balaban J connectivity index is 1.52. The fourth-order valence-electron chi connectivity index (χ4n) is 4.24. The molecular formula is C34H34N2O5. The van der Waals surface area contributed by atoms with Crippen LogP contribution in [-0.2, 0) is 15.0 Å². The average molecular weight is 551 g/mol. The van der Waals surface area contributed by atoms with Crippen LogP contribution >= 0.6 is 0 Å². The first kappa shape index (κ1) is 29.1. The van der Waals surface area contributed by atoms with Gasteiger partial charge in [-0.25, -0.2) is 4.79 Å². The number of hydrogen-bond donors (Lipinski definition) is 3. The van der Waals surface area contributed by atoms with Gasteiger partial charge in [0.15, 0.2) is 6.04 Å². The Morgan fingerprint density at radius 3 is 1.98 bits per heavy atom. The van der Waals surface area contributed by atoms with E-state index in [9.17, 15) is 14.4 Å². The van der Waals surface area contributed by atoms with Crippen LogP contribution in [0.1, 0.15) is 54.7 Å². The summed E-state index contributed by atoms with van der Waals surface area (Å²) in [4.78, 5) is 36.5. The van der Waals surface area contributed by atoms with Crippen LogP contribution < -0.4 is 15.4 Å². The highest BCUT2D eigenvalue weighted by Crippen LogP contribution is 2.28. The van der Waals surface area contributed by atoms with Gasteiger partial charge in [0.25, 0.3) is 5.91 Å². The van der Waals surface area contributed by atoms with E-state index >= 15 is 0 Å². The molecular weight excluding hydrogens is 516 g/mol. The van der Waals surface area contributed by atoms with Crippen molar-refractivity contribution in [2.24, 2.45) is 0 Å². The molecule has 0 heterocycles. The third kappa shape index (κ3) is 8.05. The molecule has 0 aliphatic heterocycles. The molecule has 1 amide bonds. The number of aliphatic carboxylic acids is 1. The van der Waals surface area contributed by atoms with Gasteiger partial charge in [-0.3, -0.25) is 9.59 Å². The van der Waals surface area contributed by atoms with Gasteiger partial charge < -0.3 is 20.5 Å². The number of carboxylic acids is 1. The summed E-state index contributed by atoms with van der Waals surface area (Å²) in [6.45, 7) is 6.43. The standard InChI is InChI=1S/C34H34N2O5/c1-34(2,3)27-15-9-25(10-16-27)31(36-28-17-11-26(12-18-28)32(39)35-22-21-30(37)38)33(40)41-29-19-13-24(14-20-29)23-7-5-4-6-8-23/h4-20,31,36H,21-22H2,1-3H3,(H,35,39)(H,37,38). The summed E-state index contributed by atoms with van der Waals surface area (Å²) in [6, 6.07) is 31.0. The number of benzene rings is 4. The monoisotopic (exact) mass is 550 g/mol. The third-order valence-corrected chi connectivity index (χ3v) is 6.61. The molecule has 0 aliphatic carbocycles. The van der Waals surface area contributed by atoms with Crippen LogP contribution in [0.15, 0.2) is 103 Å². The fourth-order valence-corrected chi connectivity index (χ4v) is 4.24. The highest BCUT2D eigenvalue weighted by Gasteiger charge is 2.24. The number of esters is 1. The van der Waals surface area contributed by atoms with Crippen molar-refractivity contribution in [2.45, 2.75) is 38.6 Å². The minimum atomic E-state index is -0.981. The predicted octanol–water partition coefficient (Wildman–Crippen LogP) is 6.61. The SMILES string of the molecule is CC(C)(C)c1ccc(C(Nc2ccc(C(=O)NCCC(=O)O)cc2)C(=O)Oc2ccc(-c3ccccc3)cc2)cc1. The van der Waals surface area contributed by atoms with E-state index in [0.29, 0.717) is 17.0 Å². The van der Waals surface area contributed by atoms with Crippen molar-refractivity contribution in [2.75, 3.05) is 11.9 Å². The molecule has 4 aromatic rings. The molecule has 3 N–H and O–H groups in total. The van der Waals surface area contributed by atoms with E-state index in [1.807, 2.05) is 66.7 Å². The Labute approximate surface area is 240 Å². The first-order chi connectivity index (χ1) is 19.6. The van der Waals surface area contributed by atoms with Gasteiger partial charge in [-0.2, -0.15) is 0 Å². The molecule has 0 fully saturated rings. The molecule has 0 radical (unpaired) electrons. The van der Waals surface area contributed by atoms with E-state index in [0.717, 1.165) is 22.3 Å². The van der Waals surface area contributed by atoms with Gasteiger partial charge in [-0.05, 0) is 64.1 Å². The molecule has 7 heteroatoms. The second-order valence-electron chi connectivity index (χ2n) is 10.7. The molecule has 0 aliphatic rings. The number of nitrogens with one attached hydrogen (secondary N) is 2. The topological polar surface area (TPSA) is 105 Å². The molecule has 0 saturated carbocycles. The maximum absolute atomic E-state index is 13.5. The van der Waals surface area contributed by atoms with Gasteiger partial charge in [0.05, 0.1) is 6.42 Å². The lowest BCUT2D eigenvalue weighted by molar-refractivity contribution is -0.137. The number of ether oxygens (including phenoxy) is 1. The number of carbonyl (C=O) groups is 3. The normalized spacial score (nSPS) is 11.8. The minimum absolute atomic E-state index is 0.0384. The van der Waals surface area contributed by atoms with E-state index in [1.165, 1.54) is 0 Å². The van der Waals surface area contributed by atoms with Crippen molar-refractivity contribution in [3.05, 3.63) is 120 Å². The van der Waals surface area contributed by atoms with Gasteiger partial charge >= 0.3 is 11.9 Å². The maximum Gasteiger partial charge on any atom is 0.338 e. The van der Waals surface area contributed by atoms with E-state index in [4.69, 9.17) is 9.84 Å². The molecule has 4 rings (SSSR count). The number of hydrogen-bond acceptors (Lipinski definition) is 5. The molecule has 4 aromatic carbocycles. The second kappa shape index (κ2) is 13.0. The minimum Gasteiger partial charge on any atom is -0.481 e. The second-order valence-corrected chi connectivity index (χ2v) is 10.7. The average Bonchev–Trinajstić information content (AvgIpc) is 2.96. The van der Waals surface area contributed by atoms with Crippen LogP contribution in [0.5, 0.6) is 5.75 Å². The number of amides is 1. The molecule has 7 nitrogen and oxygen atoms in total. The zero-order chi connectivity index (χ0) is 29.4. The lowest BCUT2D eigenvalue weighted by atomic mass is 9.86. The molecule has 0 aromatic heterocycles. The Bertz CT molecular complexity index is 1470. The van der Waals surface area contributed by atoms with Crippen molar-refractivity contribution in [1.29, 1.82) is 0 Å². The fraction of sp³-hybridized carbons (Fsp3) is 0.206. The van der Waals surface area contributed by atoms with Crippen molar-refractivity contribution in [3.8, 4) is 16.9 Å². The summed E-state index contributed by atoms with van der Waals surface area (Å²) < 4.78 is 5.80. The molecule has 0 bridgehead atoms. The highest BCUT2D eigenvalue weighted by atomic mass is 16.5. The van der Waals surface area contributed by atoms with Crippen LogP contribution in [0.25, 0.3) is 11.1 Å². The summed E-state index contributed by atoms with van der Waals surface area (Å²) in [6.07, 6.45) is -0.155. The number of rotatable bonds is 10. The van der Waals surface area contributed by atoms with Crippen LogP contribution in [0.4, 0.5) is 5.69 Å². The van der Waals surface area contributed by atoms with Crippen molar-refractivity contribution < 1.29 is 24.2 Å². The Morgan fingerprint density at radius 1 is 0.780 bits per heavy atom. The Hall–Kier alpha value is -4.91. The highest BCUT2D eigenvalue weighted by molar-refractivity contribution is 5.94. The first-order valence-corrected chi connectivity index (χ1v) is 13.4. The first-order valence-electron chi connectivity index (χ1n) is 13.4. The molecule has 41 heavy (non-hydrogen) atoms. The molecule has 0 saturated heterocycles. The van der Waals surface area contributed by atoms with E-state index < -0.39 is 18.0 Å². The van der Waals surface area contributed by atoms with Crippen molar-refractivity contribution in [3.63, 3.8) is 0 Å². The number of anilines is 1. The third-order valence-electron chi connectivity index (χ3n) is 6.61. The predicted molar refractivity (Wildman–Crippen MR) is 160 cm³/mol. The van der Waals surface area contributed by atoms with Gasteiger partial charge in [0.1, 0.15) is 5.75 Å². The largest absolute Gasteiger partial charge is 0.481 e. The quantitative estimate of drug-likeness (QED) is 0.152. The van der Waals surface area contributed by atoms with Crippen molar-refractivity contribution >= 4 is 23.5 Å². The van der Waals surface area contributed by atoms with Gasteiger partial charge in [-0.1, -0.05) is 87.5 Å². The Kier molecular flexibility index (Phi) is 9.19. The smallest absolute Gasteiger partial charge is 0.338 e. The van der Waals surface area contributed by atoms with Crippen LogP contribution in [0.3, 0.4) is 0 Å². The molecule has 1 unspecified atom stereocenters. The lowest BCUT2D eigenvalue weighted by Crippen LogP contribution is -2.26.